The van der Waals surface area contributed by atoms with Crippen molar-refractivity contribution in [2.45, 2.75) is 6.92 Å². The van der Waals surface area contributed by atoms with E-state index in [2.05, 4.69) is 37.9 Å². The highest BCUT2D eigenvalue weighted by molar-refractivity contribution is 14.1. The molecule has 0 aliphatic rings. The van der Waals surface area contributed by atoms with Gasteiger partial charge in [0, 0.05) is 0 Å². The number of hydrogen-bond acceptors (Lipinski definition) is 5. The number of benzene rings is 1. The fourth-order valence-corrected chi connectivity index (χ4v) is 2.71. The van der Waals surface area contributed by atoms with Crippen molar-refractivity contribution in [1.29, 1.82) is 0 Å². The number of aromatic nitrogens is 3. The molecule has 0 fully saturated rings. The summed E-state index contributed by atoms with van der Waals surface area (Å²) in [4.78, 5) is 0. The zero-order valence-corrected chi connectivity index (χ0v) is 14.2. The normalized spacial score (nSPS) is 11.0. The number of aromatic amines is 1. The minimum absolute atomic E-state index is 0.453. The molecule has 0 bridgehead atoms. The van der Waals surface area contributed by atoms with Crippen molar-refractivity contribution in [3.05, 3.63) is 31.9 Å². The maximum absolute atomic E-state index is 5.30. The summed E-state index contributed by atoms with van der Waals surface area (Å²) in [5, 5.41) is 11.0. The van der Waals surface area contributed by atoms with Gasteiger partial charge in [-0.2, -0.15) is 14.9 Å². The third-order valence-corrected chi connectivity index (χ3v) is 3.66. The minimum atomic E-state index is 0.453. The van der Waals surface area contributed by atoms with Crippen molar-refractivity contribution in [2.24, 2.45) is 5.10 Å². The monoisotopic (exact) mass is 404 g/mol. The Morgan fingerprint density at radius 2 is 2.15 bits per heavy atom. The molecule has 1 aromatic heterocycles. The van der Waals surface area contributed by atoms with Crippen LogP contribution in [0.15, 0.2) is 17.2 Å². The second-order valence-electron chi connectivity index (χ2n) is 3.87. The number of aryl methyl sites for hydroxylation is 1. The lowest BCUT2D eigenvalue weighted by Crippen LogP contribution is -1.97. The van der Waals surface area contributed by atoms with Crippen LogP contribution in [-0.4, -0.2) is 35.3 Å². The first-order chi connectivity index (χ1) is 9.56. The Balaban J connectivity index is 2.40. The second kappa shape index (κ2) is 6.35. The standard InChI is InChI=1S/C12H13IN4O2S/c1-7-15-16-12(20)17(7)14-6-8-4-9(13)11(19-3)10(5-8)18-2/h4-6H,1-3H3,(H,16,20)/b14-6-. The molecule has 106 valence electrons. The van der Waals surface area contributed by atoms with E-state index < -0.39 is 0 Å². The first-order valence-electron chi connectivity index (χ1n) is 5.66. The lowest BCUT2D eigenvalue weighted by atomic mass is 10.2. The smallest absolute Gasteiger partial charge is 0.216 e. The van der Waals surface area contributed by atoms with E-state index in [9.17, 15) is 0 Å². The predicted molar refractivity (Wildman–Crippen MR) is 87.4 cm³/mol. The van der Waals surface area contributed by atoms with E-state index in [0.29, 0.717) is 22.1 Å². The molecule has 6 nitrogen and oxygen atoms in total. The molecule has 0 amide bonds. The molecule has 0 radical (unpaired) electrons. The third kappa shape index (κ3) is 3.01. The summed E-state index contributed by atoms with van der Waals surface area (Å²) in [5.41, 5.74) is 0.884. The molecule has 1 N–H and O–H groups in total. The number of rotatable bonds is 4. The van der Waals surface area contributed by atoms with Crippen molar-refractivity contribution >= 4 is 41.0 Å². The number of nitrogens with one attached hydrogen (secondary N) is 1. The Hall–Kier alpha value is -1.42. The zero-order valence-electron chi connectivity index (χ0n) is 11.2. The quantitative estimate of drug-likeness (QED) is 0.484. The summed E-state index contributed by atoms with van der Waals surface area (Å²) >= 11 is 7.28. The topological polar surface area (TPSA) is 64.4 Å². The summed E-state index contributed by atoms with van der Waals surface area (Å²) in [6.45, 7) is 1.82. The molecule has 8 heteroatoms. The van der Waals surface area contributed by atoms with Gasteiger partial charge in [-0.3, -0.25) is 5.10 Å². The van der Waals surface area contributed by atoms with Crippen LogP contribution in [0.1, 0.15) is 11.4 Å². The average molecular weight is 404 g/mol. The molecule has 2 aromatic rings. The lowest BCUT2D eigenvalue weighted by Gasteiger charge is -2.10. The molecule has 0 saturated carbocycles. The van der Waals surface area contributed by atoms with Gasteiger partial charge in [0.2, 0.25) is 4.77 Å². The van der Waals surface area contributed by atoms with Crippen LogP contribution in [-0.2, 0) is 0 Å². The van der Waals surface area contributed by atoms with Crippen LogP contribution >= 0.6 is 34.8 Å². The minimum Gasteiger partial charge on any atom is -0.493 e. The van der Waals surface area contributed by atoms with Crippen molar-refractivity contribution in [3.63, 3.8) is 0 Å². The molecule has 0 atom stereocenters. The van der Waals surface area contributed by atoms with Crippen molar-refractivity contribution in [1.82, 2.24) is 14.9 Å². The van der Waals surface area contributed by atoms with E-state index in [1.165, 1.54) is 0 Å². The van der Waals surface area contributed by atoms with E-state index in [1.54, 1.807) is 25.1 Å². The van der Waals surface area contributed by atoms with Gasteiger partial charge in [-0.05, 0) is 59.4 Å². The van der Waals surface area contributed by atoms with Crippen molar-refractivity contribution in [3.8, 4) is 11.5 Å². The van der Waals surface area contributed by atoms with E-state index in [4.69, 9.17) is 21.7 Å². The van der Waals surface area contributed by atoms with Gasteiger partial charge < -0.3 is 9.47 Å². The largest absolute Gasteiger partial charge is 0.493 e. The van der Waals surface area contributed by atoms with Gasteiger partial charge in [0.05, 0.1) is 24.0 Å². The summed E-state index contributed by atoms with van der Waals surface area (Å²) in [6.07, 6.45) is 1.70. The highest BCUT2D eigenvalue weighted by Crippen LogP contribution is 2.33. The van der Waals surface area contributed by atoms with Crippen molar-refractivity contribution in [2.75, 3.05) is 14.2 Å². The van der Waals surface area contributed by atoms with E-state index in [0.717, 1.165) is 9.13 Å². The molecule has 2 rings (SSSR count). The van der Waals surface area contributed by atoms with Crippen LogP contribution in [0, 0.1) is 15.3 Å². The molecule has 0 unspecified atom stereocenters. The van der Waals surface area contributed by atoms with Crippen LogP contribution in [0.4, 0.5) is 0 Å². The zero-order chi connectivity index (χ0) is 14.7. The molecular weight excluding hydrogens is 391 g/mol. The highest BCUT2D eigenvalue weighted by Gasteiger charge is 2.09. The molecular formula is C12H13IN4O2S. The molecule has 1 heterocycles. The van der Waals surface area contributed by atoms with E-state index >= 15 is 0 Å². The molecule has 0 aliphatic heterocycles. The van der Waals surface area contributed by atoms with Crippen LogP contribution in [0.3, 0.4) is 0 Å². The maximum atomic E-state index is 5.30. The second-order valence-corrected chi connectivity index (χ2v) is 5.42. The number of methoxy groups -OCH3 is 2. The molecule has 20 heavy (non-hydrogen) atoms. The van der Waals surface area contributed by atoms with Crippen molar-refractivity contribution < 1.29 is 9.47 Å². The van der Waals surface area contributed by atoms with Crippen LogP contribution in [0.2, 0.25) is 0 Å². The lowest BCUT2D eigenvalue weighted by molar-refractivity contribution is 0.353. The molecule has 1 aromatic carbocycles. The van der Waals surface area contributed by atoms with Gasteiger partial charge in [-0.1, -0.05) is 0 Å². The molecule has 0 saturated heterocycles. The Kier molecular flexibility index (Phi) is 4.76. The Morgan fingerprint density at radius 3 is 2.70 bits per heavy atom. The predicted octanol–water partition coefficient (Wildman–Crippen LogP) is 2.75. The van der Waals surface area contributed by atoms with Gasteiger partial charge >= 0.3 is 0 Å². The highest BCUT2D eigenvalue weighted by atomic mass is 127. The Labute approximate surface area is 134 Å². The van der Waals surface area contributed by atoms with Crippen LogP contribution in [0.25, 0.3) is 0 Å². The Morgan fingerprint density at radius 1 is 1.40 bits per heavy atom. The summed E-state index contributed by atoms with van der Waals surface area (Å²) in [5.74, 6) is 2.07. The summed E-state index contributed by atoms with van der Waals surface area (Å²) in [6, 6.07) is 3.80. The van der Waals surface area contributed by atoms with E-state index in [1.807, 2.05) is 19.1 Å². The fraction of sp³-hybridized carbons (Fsp3) is 0.250. The maximum Gasteiger partial charge on any atom is 0.216 e. The summed E-state index contributed by atoms with van der Waals surface area (Å²) < 4.78 is 13.6. The number of ether oxygens (including phenoxy) is 2. The fourth-order valence-electron chi connectivity index (χ4n) is 1.64. The average Bonchev–Trinajstić information content (AvgIpc) is 2.75. The third-order valence-electron chi connectivity index (χ3n) is 2.59. The van der Waals surface area contributed by atoms with Gasteiger partial charge in [0.25, 0.3) is 0 Å². The number of halogens is 1. The van der Waals surface area contributed by atoms with Crippen LogP contribution in [0.5, 0.6) is 11.5 Å². The van der Waals surface area contributed by atoms with Gasteiger partial charge in [0.1, 0.15) is 5.82 Å². The van der Waals surface area contributed by atoms with Gasteiger partial charge in [-0.15, -0.1) is 0 Å². The SMILES string of the molecule is COc1cc(/C=N\n2c(C)n[nH]c2=S)cc(I)c1OC. The number of H-pyrrole nitrogens is 1. The number of nitrogens with zero attached hydrogens (tertiary/aromatic N) is 3. The first-order valence-corrected chi connectivity index (χ1v) is 7.15. The van der Waals surface area contributed by atoms with E-state index in [-0.39, 0.29) is 0 Å². The number of hydrogen-bond donors (Lipinski definition) is 1. The molecule has 0 aliphatic carbocycles. The van der Waals surface area contributed by atoms with Gasteiger partial charge in [-0.25, -0.2) is 0 Å². The van der Waals surface area contributed by atoms with Crippen LogP contribution < -0.4 is 9.47 Å². The Bertz CT molecular complexity index is 708. The van der Waals surface area contributed by atoms with Gasteiger partial charge in [0.15, 0.2) is 11.5 Å². The summed E-state index contributed by atoms with van der Waals surface area (Å²) in [7, 11) is 3.22. The molecule has 0 spiro atoms. The first kappa shape index (κ1) is 15.0.